The molecule has 2 fully saturated rings. The smallest absolute Gasteiger partial charge is 0.277 e. The van der Waals surface area contributed by atoms with Gasteiger partial charge >= 0.3 is 0 Å². The largest absolute Gasteiger partial charge is 0.303 e. The molecule has 5 heterocycles. The second-order valence-corrected chi connectivity index (χ2v) is 10.2. The number of rotatable bonds is 1. The molecule has 0 bridgehead atoms. The minimum Gasteiger partial charge on any atom is -0.303 e. The van der Waals surface area contributed by atoms with Gasteiger partial charge in [0.25, 0.3) is 5.56 Å². The Hall–Kier alpha value is -2.27. The van der Waals surface area contributed by atoms with Crippen molar-refractivity contribution >= 4 is 16.4 Å². The van der Waals surface area contributed by atoms with Gasteiger partial charge in [0.15, 0.2) is 0 Å². The number of hydrogen-bond donors (Lipinski definition) is 0. The van der Waals surface area contributed by atoms with E-state index >= 15 is 0 Å². The lowest BCUT2D eigenvalue weighted by Gasteiger charge is -2.44. The number of fused-ring (bicyclic) bond motifs is 8. The first-order valence-corrected chi connectivity index (χ1v) is 9.77. The van der Waals surface area contributed by atoms with Crippen molar-refractivity contribution in [3.63, 3.8) is 0 Å². The molecule has 6 rings (SSSR count). The summed E-state index contributed by atoms with van der Waals surface area (Å²) in [5, 5.41) is 2.13. The van der Waals surface area contributed by atoms with Crippen molar-refractivity contribution in [3.05, 3.63) is 51.8 Å². The lowest BCUT2D eigenvalue weighted by atomic mass is 9.71. The summed E-state index contributed by atoms with van der Waals surface area (Å²) in [7, 11) is 0. The SMILES string of the molecule is CC(C)(C)Cc1nccc2c1ccn1c3c(c(=O)nc21)C1(C)CN2C3C21C. The van der Waals surface area contributed by atoms with Gasteiger partial charge in [0.1, 0.15) is 5.65 Å². The van der Waals surface area contributed by atoms with Crippen LogP contribution in [0.15, 0.2) is 29.3 Å². The van der Waals surface area contributed by atoms with Crippen LogP contribution in [0.3, 0.4) is 0 Å². The van der Waals surface area contributed by atoms with Gasteiger partial charge in [0.05, 0.1) is 22.8 Å². The zero-order valence-corrected chi connectivity index (χ0v) is 16.5. The maximum atomic E-state index is 13.1. The maximum absolute atomic E-state index is 13.1. The molecule has 3 aromatic heterocycles. The van der Waals surface area contributed by atoms with Crippen LogP contribution in [-0.4, -0.2) is 31.4 Å². The first kappa shape index (κ1) is 15.8. The molecule has 0 amide bonds. The lowest BCUT2D eigenvalue weighted by Crippen LogP contribution is -2.57. The molecule has 3 aliphatic rings. The van der Waals surface area contributed by atoms with Crippen LogP contribution in [0, 0.1) is 5.41 Å². The summed E-state index contributed by atoms with van der Waals surface area (Å²) >= 11 is 0. The number of hydrogen-bond acceptors (Lipinski definition) is 4. The van der Waals surface area contributed by atoms with Gasteiger partial charge in [0, 0.05) is 40.8 Å². The number of pyridine rings is 2. The van der Waals surface area contributed by atoms with Crippen LogP contribution in [-0.2, 0) is 11.8 Å². The van der Waals surface area contributed by atoms with Gasteiger partial charge in [-0.25, -0.2) is 0 Å². The molecule has 5 nitrogen and oxygen atoms in total. The van der Waals surface area contributed by atoms with Crippen molar-refractivity contribution in [2.75, 3.05) is 6.54 Å². The van der Waals surface area contributed by atoms with Gasteiger partial charge in [-0.05, 0) is 30.9 Å². The third-order valence-electron chi connectivity index (χ3n) is 7.35. The average Bonchev–Trinajstić information content (AvgIpc) is 3.04. The molecule has 0 aromatic carbocycles. The second-order valence-electron chi connectivity index (χ2n) is 10.2. The Morgan fingerprint density at radius 2 is 2.00 bits per heavy atom. The molecule has 4 unspecified atom stereocenters. The highest BCUT2D eigenvalue weighted by molar-refractivity contribution is 5.95. The third-order valence-corrected chi connectivity index (χ3v) is 7.35. The van der Waals surface area contributed by atoms with Crippen LogP contribution >= 0.6 is 0 Å². The zero-order valence-electron chi connectivity index (χ0n) is 16.5. The number of nitrogens with zero attached hydrogens (tertiary/aromatic N) is 4. The Balaban J connectivity index is 1.67. The fraction of sp³-hybridized carbons (Fsp3) is 0.500. The Morgan fingerprint density at radius 1 is 1.22 bits per heavy atom. The second kappa shape index (κ2) is 4.25. The summed E-state index contributed by atoms with van der Waals surface area (Å²) in [6.07, 6.45) is 4.85. The molecule has 138 valence electrons. The third kappa shape index (κ3) is 1.60. The normalized spacial score (nSPS) is 33.1. The Morgan fingerprint density at radius 3 is 2.74 bits per heavy atom. The minimum atomic E-state index is -0.0527. The van der Waals surface area contributed by atoms with E-state index in [0.29, 0.717) is 6.04 Å². The van der Waals surface area contributed by atoms with Gasteiger partial charge in [-0.2, -0.15) is 4.98 Å². The molecule has 5 heteroatoms. The molecular weight excluding hydrogens is 336 g/mol. The van der Waals surface area contributed by atoms with Crippen LogP contribution in [0.2, 0.25) is 0 Å². The first-order valence-electron chi connectivity index (χ1n) is 9.77. The molecule has 3 aromatic rings. The highest BCUT2D eigenvalue weighted by Crippen LogP contribution is 2.76. The van der Waals surface area contributed by atoms with Crippen LogP contribution < -0.4 is 5.56 Å². The summed E-state index contributed by atoms with van der Waals surface area (Å²) in [5.74, 6) is 0. The Kier molecular flexibility index (Phi) is 2.48. The maximum Gasteiger partial charge on any atom is 0.277 e. The predicted octanol–water partition coefficient (Wildman–Crippen LogP) is 3.23. The fourth-order valence-corrected chi connectivity index (χ4v) is 5.85. The molecule has 2 saturated heterocycles. The summed E-state index contributed by atoms with van der Waals surface area (Å²) in [6, 6.07) is 4.51. The fourth-order valence-electron chi connectivity index (χ4n) is 5.85. The molecule has 1 aliphatic carbocycles. The van der Waals surface area contributed by atoms with Crippen LogP contribution in [0.1, 0.15) is 57.6 Å². The summed E-state index contributed by atoms with van der Waals surface area (Å²) in [6.45, 7) is 12.2. The minimum absolute atomic E-state index is 0.0396. The van der Waals surface area contributed by atoms with Crippen molar-refractivity contribution in [1.82, 2.24) is 19.3 Å². The van der Waals surface area contributed by atoms with E-state index in [0.717, 1.165) is 46.3 Å². The first-order chi connectivity index (χ1) is 12.7. The molecule has 0 N–H and O–H groups in total. The van der Waals surface area contributed by atoms with Gasteiger partial charge in [0.2, 0.25) is 0 Å². The summed E-state index contributed by atoms with van der Waals surface area (Å²) < 4.78 is 2.17. The van der Waals surface area contributed by atoms with Crippen LogP contribution in [0.4, 0.5) is 0 Å². The van der Waals surface area contributed by atoms with E-state index in [-0.39, 0.29) is 21.9 Å². The van der Waals surface area contributed by atoms with Gasteiger partial charge in [-0.15, -0.1) is 0 Å². The molecule has 0 spiro atoms. The number of aromatic nitrogens is 3. The van der Waals surface area contributed by atoms with E-state index in [2.05, 4.69) is 66.2 Å². The van der Waals surface area contributed by atoms with Gasteiger partial charge in [-0.3, -0.25) is 14.7 Å². The monoisotopic (exact) mass is 360 g/mol. The highest BCUT2D eigenvalue weighted by atomic mass is 16.1. The van der Waals surface area contributed by atoms with E-state index in [1.807, 2.05) is 12.3 Å². The van der Waals surface area contributed by atoms with Gasteiger partial charge < -0.3 is 4.40 Å². The van der Waals surface area contributed by atoms with Crippen LogP contribution in [0.25, 0.3) is 16.4 Å². The quantitative estimate of drug-likeness (QED) is 0.494. The zero-order chi connectivity index (χ0) is 18.9. The highest BCUT2D eigenvalue weighted by Gasteiger charge is 2.84. The standard InChI is InChI=1S/C22H24N4O/c1-20(2,3)10-14-12-7-9-25-16-15(21(4)11-26-17(16)22(21,26)5)19(27)24-18(25)13(12)6-8-23-14/h6-9,17H,10-11H2,1-5H3. The summed E-state index contributed by atoms with van der Waals surface area (Å²) in [5.41, 5.74) is 4.13. The molecular formula is C22H24N4O. The molecule has 4 atom stereocenters. The molecule has 2 aliphatic heterocycles. The van der Waals surface area contributed by atoms with Crippen molar-refractivity contribution in [3.8, 4) is 0 Å². The molecule has 27 heavy (non-hydrogen) atoms. The predicted molar refractivity (Wildman–Crippen MR) is 105 cm³/mol. The molecule has 0 saturated carbocycles. The van der Waals surface area contributed by atoms with Gasteiger partial charge in [-0.1, -0.05) is 27.7 Å². The molecule has 0 radical (unpaired) electrons. The van der Waals surface area contributed by atoms with Crippen molar-refractivity contribution < 1.29 is 0 Å². The van der Waals surface area contributed by atoms with E-state index < -0.39 is 0 Å². The average molecular weight is 360 g/mol. The van der Waals surface area contributed by atoms with E-state index in [9.17, 15) is 4.79 Å². The van der Waals surface area contributed by atoms with E-state index in [1.54, 1.807) is 0 Å². The van der Waals surface area contributed by atoms with Crippen molar-refractivity contribution in [2.45, 2.75) is 58.0 Å². The van der Waals surface area contributed by atoms with Crippen LogP contribution in [0.5, 0.6) is 0 Å². The van der Waals surface area contributed by atoms with E-state index in [4.69, 9.17) is 0 Å². The lowest BCUT2D eigenvalue weighted by molar-refractivity contribution is 0.133. The Bertz CT molecular complexity index is 1240. The van der Waals surface area contributed by atoms with Crippen molar-refractivity contribution in [2.24, 2.45) is 5.41 Å². The summed E-state index contributed by atoms with van der Waals surface area (Å²) in [4.78, 5) is 24.8. The Labute approximate surface area is 158 Å². The van der Waals surface area contributed by atoms with E-state index in [1.165, 1.54) is 0 Å². The topological polar surface area (TPSA) is 50.3 Å². The van der Waals surface area contributed by atoms with Crippen molar-refractivity contribution in [1.29, 1.82) is 0 Å².